The molecule has 0 fully saturated rings. The smallest absolute Gasteiger partial charge is 0.262 e. The van der Waals surface area contributed by atoms with Crippen LogP contribution in [-0.2, 0) is 11.3 Å². The fourth-order valence-electron chi connectivity index (χ4n) is 3.05. The van der Waals surface area contributed by atoms with Crippen molar-refractivity contribution in [2.75, 3.05) is 16.8 Å². The van der Waals surface area contributed by atoms with E-state index in [4.69, 9.17) is 4.74 Å². The molecule has 0 saturated heterocycles. The Labute approximate surface area is 157 Å². The second-order valence-corrected chi connectivity index (χ2v) is 6.25. The molecule has 1 N–H and O–H groups in total. The molecule has 1 heterocycles. The molecule has 3 aromatic carbocycles. The van der Waals surface area contributed by atoms with E-state index in [1.54, 1.807) is 29.2 Å². The largest absolute Gasteiger partial charge is 0.484 e. The maximum absolute atomic E-state index is 12.5. The minimum Gasteiger partial charge on any atom is -0.484 e. The van der Waals surface area contributed by atoms with E-state index >= 15 is 0 Å². The average molecular weight is 358 g/mol. The molecule has 0 bridgehead atoms. The third kappa shape index (κ3) is 3.67. The molecule has 134 valence electrons. The van der Waals surface area contributed by atoms with Gasteiger partial charge in [-0.3, -0.25) is 9.59 Å². The molecular formula is C22H18N2O3. The highest BCUT2D eigenvalue weighted by Crippen LogP contribution is 2.28. The summed E-state index contributed by atoms with van der Waals surface area (Å²) in [6.45, 7) is 0.497. The number of anilines is 2. The highest BCUT2D eigenvalue weighted by Gasteiger charge is 2.27. The number of rotatable bonds is 5. The molecule has 3 aromatic rings. The number of hydrogen-bond donors (Lipinski definition) is 1. The highest BCUT2D eigenvalue weighted by atomic mass is 16.5. The zero-order valence-electron chi connectivity index (χ0n) is 14.6. The number of carbonyl (C=O) groups excluding carboxylic acids is 2. The highest BCUT2D eigenvalue weighted by molar-refractivity contribution is 6.10. The standard InChI is InChI=1S/C22H18N2O3/c25-21(15-27-19-7-2-1-3-8-19)23-17-10-12-18(13-11-17)24-14-16-6-4-5-9-20(16)22(24)26/h1-13H,14-15H2,(H,23,25). The van der Waals surface area contributed by atoms with E-state index in [0.717, 1.165) is 16.8 Å². The first kappa shape index (κ1) is 16.8. The maximum Gasteiger partial charge on any atom is 0.262 e. The van der Waals surface area contributed by atoms with E-state index < -0.39 is 0 Å². The second kappa shape index (κ2) is 7.33. The van der Waals surface area contributed by atoms with Gasteiger partial charge in [-0.2, -0.15) is 0 Å². The van der Waals surface area contributed by atoms with E-state index in [-0.39, 0.29) is 18.4 Å². The molecule has 1 aliphatic heterocycles. The normalized spacial score (nSPS) is 12.6. The van der Waals surface area contributed by atoms with Crippen molar-refractivity contribution in [3.63, 3.8) is 0 Å². The molecule has 2 amide bonds. The van der Waals surface area contributed by atoms with Gasteiger partial charge in [-0.15, -0.1) is 0 Å². The fraction of sp³-hybridized carbons (Fsp3) is 0.0909. The summed E-state index contributed by atoms with van der Waals surface area (Å²) in [5.41, 5.74) is 3.23. The summed E-state index contributed by atoms with van der Waals surface area (Å²) >= 11 is 0. The summed E-state index contributed by atoms with van der Waals surface area (Å²) in [6, 6.07) is 24.0. The SMILES string of the molecule is O=C(COc1ccccc1)Nc1ccc(N2Cc3ccccc3C2=O)cc1. The molecule has 1 aliphatic rings. The maximum atomic E-state index is 12.5. The fourth-order valence-corrected chi connectivity index (χ4v) is 3.05. The number of hydrogen-bond acceptors (Lipinski definition) is 3. The molecule has 0 aliphatic carbocycles. The lowest BCUT2D eigenvalue weighted by atomic mass is 10.1. The van der Waals surface area contributed by atoms with Gasteiger partial charge in [0.2, 0.25) is 0 Å². The summed E-state index contributed by atoms with van der Waals surface area (Å²) < 4.78 is 5.43. The lowest BCUT2D eigenvalue weighted by Gasteiger charge is -2.16. The molecular weight excluding hydrogens is 340 g/mol. The summed E-state index contributed by atoms with van der Waals surface area (Å²) in [6.07, 6.45) is 0. The van der Waals surface area contributed by atoms with Crippen molar-refractivity contribution >= 4 is 23.2 Å². The van der Waals surface area contributed by atoms with Gasteiger partial charge < -0.3 is 15.0 Å². The minimum absolute atomic E-state index is 0.00125. The van der Waals surface area contributed by atoms with Gasteiger partial charge in [-0.1, -0.05) is 36.4 Å². The van der Waals surface area contributed by atoms with Crippen LogP contribution < -0.4 is 15.0 Å². The molecule has 5 nitrogen and oxygen atoms in total. The molecule has 0 unspecified atom stereocenters. The van der Waals surface area contributed by atoms with Crippen LogP contribution in [0.15, 0.2) is 78.9 Å². The van der Waals surface area contributed by atoms with Crippen molar-refractivity contribution in [1.29, 1.82) is 0 Å². The van der Waals surface area contributed by atoms with Crippen LogP contribution in [0.25, 0.3) is 0 Å². The van der Waals surface area contributed by atoms with E-state index in [2.05, 4.69) is 5.32 Å². The van der Waals surface area contributed by atoms with Crippen molar-refractivity contribution in [2.24, 2.45) is 0 Å². The number of nitrogens with one attached hydrogen (secondary N) is 1. The monoisotopic (exact) mass is 358 g/mol. The van der Waals surface area contributed by atoms with Gasteiger partial charge >= 0.3 is 0 Å². The first-order valence-corrected chi connectivity index (χ1v) is 8.68. The van der Waals surface area contributed by atoms with Crippen LogP contribution in [0.3, 0.4) is 0 Å². The number of amides is 2. The predicted molar refractivity (Wildman–Crippen MR) is 104 cm³/mol. The quantitative estimate of drug-likeness (QED) is 0.753. The zero-order valence-corrected chi connectivity index (χ0v) is 14.6. The first-order valence-electron chi connectivity index (χ1n) is 8.68. The number of ether oxygens (including phenoxy) is 1. The molecule has 0 aromatic heterocycles. The molecule has 0 saturated carbocycles. The summed E-state index contributed by atoms with van der Waals surface area (Å²) in [7, 11) is 0. The van der Waals surface area contributed by atoms with E-state index in [1.165, 1.54) is 0 Å². The van der Waals surface area contributed by atoms with Crippen molar-refractivity contribution in [2.45, 2.75) is 6.54 Å². The zero-order chi connectivity index (χ0) is 18.6. The molecule has 0 radical (unpaired) electrons. The Morgan fingerprint density at radius 1 is 0.926 bits per heavy atom. The topological polar surface area (TPSA) is 58.6 Å². The first-order chi connectivity index (χ1) is 13.2. The Kier molecular flexibility index (Phi) is 4.58. The number of fused-ring (bicyclic) bond motifs is 1. The number of para-hydroxylation sites is 1. The van der Waals surface area contributed by atoms with Crippen LogP contribution in [0.5, 0.6) is 5.75 Å². The van der Waals surface area contributed by atoms with Crippen LogP contribution in [0.2, 0.25) is 0 Å². The van der Waals surface area contributed by atoms with Gasteiger partial charge in [-0.25, -0.2) is 0 Å². The van der Waals surface area contributed by atoms with E-state index in [0.29, 0.717) is 18.0 Å². The van der Waals surface area contributed by atoms with Crippen LogP contribution in [-0.4, -0.2) is 18.4 Å². The number of nitrogens with zero attached hydrogens (tertiary/aromatic N) is 1. The second-order valence-electron chi connectivity index (χ2n) is 6.25. The Morgan fingerprint density at radius 3 is 2.37 bits per heavy atom. The van der Waals surface area contributed by atoms with Crippen LogP contribution in [0.1, 0.15) is 15.9 Å². The Bertz CT molecular complexity index is 968. The average Bonchev–Trinajstić information content (AvgIpc) is 3.05. The van der Waals surface area contributed by atoms with Gasteiger partial charge in [0.25, 0.3) is 11.8 Å². The minimum atomic E-state index is -0.240. The van der Waals surface area contributed by atoms with Crippen molar-refractivity contribution in [1.82, 2.24) is 0 Å². The van der Waals surface area contributed by atoms with Gasteiger partial charge in [0.15, 0.2) is 6.61 Å². The lowest BCUT2D eigenvalue weighted by Crippen LogP contribution is -2.23. The van der Waals surface area contributed by atoms with E-state index in [1.807, 2.05) is 54.6 Å². The van der Waals surface area contributed by atoms with Gasteiger partial charge in [0, 0.05) is 16.9 Å². The Balaban J connectivity index is 1.37. The Morgan fingerprint density at radius 2 is 1.63 bits per heavy atom. The van der Waals surface area contributed by atoms with Crippen LogP contribution in [0.4, 0.5) is 11.4 Å². The molecule has 27 heavy (non-hydrogen) atoms. The van der Waals surface area contributed by atoms with Crippen molar-refractivity contribution in [3.8, 4) is 5.75 Å². The molecule has 0 spiro atoms. The van der Waals surface area contributed by atoms with Crippen molar-refractivity contribution < 1.29 is 14.3 Å². The lowest BCUT2D eigenvalue weighted by molar-refractivity contribution is -0.118. The van der Waals surface area contributed by atoms with Crippen LogP contribution in [0, 0.1) is 0 Å². The molecule has 5 heteroatoms. The van der Waals surface area contributed by atoms with Gasteiger partial charge in [0.05, 0.1) is 6.54 Å². The number of benzene rings is 3. The van der Waals surface area contributed by atoms with Crippen molar-refractivity contribution in [3.05, 3.63) is 90.0 Å². The number of carbonyl (C=O) groups is 2. The third-order valence-corrected chi connectivity index (χ3v) is 4.40. The summed E-state index contributed by atoms with van der Waals surface area (Å²) in [5, 5.41) is 2.79. The van der Waals surface area contributed by atoms with Gasteiger partial charge in [0.1, 0.15) is 5.75 Å². The summed E-state index contributed by atoms with van der Waals surface area (Å²) in [4.78, 5) is 26.3. The van der Waals surface area contributed by atoms with Gasteiger partial charge in [-0.05, 0) is 48.0 Å². The summed E-state index contributed by atoms with van der Waals surface area (Å²) in [5.74, 6) is 0.407. The molecule has 0 atom stereocenters. The molecule has 4 rings (SSSR count). The van der Waals surface area contributed by atoms with Crippen LogP contribution >= 0.6 is 0 Å². The third-order valence-electron chi connectivity index (χ3n) is 4.40. The predicted octanol–water partition coefficient (Wildman–Crippen LogP) is 3.86. The Hall–Kier alpha value is -3.60. The van der Waals surface area contributed by atoms with E-state index in [9.17, 15) is 9.59 Å².